The summed E-state index contributed by atoms with van der Waals surface area (Å²) in [6.45, 7) is 8.85. The van der Waals surface area contributed by atoms with Crippen molar-refractivity contribution in [3.63, 3.8) is 0 Å². The molecule has 0 aliphatic heterocycles. The second-order valence-electron chi connectivity index (χ2n) is 7.29. The molecule has 0 spiro atoms. The maximum atomic E-state index is 12.9. The predicted octanol–water partition coefficient (Wildman–Crippen LogP) is 3.48. The van der Waals surface area contributed by atoms with E-state index in [1.54, 1.807) is 25.5 Å². The Morgan fingerprint density at radius 2 is 1.96 bits per heavy atom. The molecule has 146 valence electrons. The molecule has 0 aliphatic carbocycles. The van der Waals surface area contributed by atoms with Gasteiger partial charge in [-0.05, 0) is 52.1 Å². The van der Waals surface area contributed by atoms with E-state index in [1.807, 2.05) is 44.2 Å². The largest absolute Gasteiger partial charge is 0.383 e. The Morgan fingerprint density at radius 3 is 2.56 bits per heavy atom. The molecular weight excluding hydrogens is 382 g/mol. The predicted molar refractivity (Wildman–Crippen MR) is 109 cm³/mol. The van der Waals surface area contributed by atoms with Crippen molar-refractivity contribution in [2.24, 2.45) is 0 Å². The molecule has 0 amide bonds. The third-order valence-electron chi connectivity index (χ3n) is 4.58. The molecule has 3 rings (SSSR count). The molecule has 0 aliphatic rings. The van der Waals surface area contributed by atoms with Gasteiger partial charge >= 0.3 is 0 Å². The van der Waals surface area contributed by atoms with Crippen LogP contribution in [0.3, 0.4) is 0 Å². The third-order valence-corrected chi connectivity index (χ3v) is 7.60. The number of rotatable bonds is 6. The Labute approximate surface area is 163 Å². The first-order valence-corrected chi connectivity index (χ1v) is 11.1. The van der Waals surface area contributed by atoms with Gasteiger partial charge in [-0.2, -0.15) is 5.10 Å². The van der Waals surface area contributed by atoms with Gasteiger partial charge in [0.2, 0.25) is 10.0 Å². The summed E-state index contributed by atoms with van der Waals surface area (Å²) in [6, 6.07) is 9.81. The van der Waals surface area contributed by atoms with Gasteiger partial charge in [0.1, 0.15) is 10.5 Å². The van der Waals surface area contributed by atoms with E-state index in [2.05, 4.69) is 9.82 Å². The summed E-state index contributed by atoms with van der Waals surface area (Å²) in [5.41, 5.74) is -0.265. The van der Waals surface area contributed by atoms with Gasteiger partial charge in [0.15, 0.2) is 0 Å². The first-order valence-electron chi connectivity index (χ1n) is 8.80. The minimum Gasteiger partial charge on any atom is -0.383 e. The highest BCUT2D eigenvalue weighted by molar-refractivity contribution is 7.89. The number of nitrogens with zero attached hydrogens (tertiary/aromatic N) is 2. The Hall–Kier alpha value is -1.74. The van der Waals surface area contributed by atoms with Gasteiger partial charge in [-0.3, -0.25) is 4.68 Å². The van der Waals surface area contributed by atoms with Crippen LogP contribution in [-0.4, -0.2) is 29.8 Å². The van der Waals surface area contributed by atoms with Crippen LogP contribution in [0.4, 0.5) is 0 Å². The highest BCUT2D eigenvalue weighted by Gasteiger charge is 2.31. The summed E-state index contributed by atoms with van der Waals surface area (Å²) in [5.74, 6) is 0. The maximum Gasteiger partial charge on any atom is 0.244 e. The normalized spacial score (nSPS) is 14.8. The molecule has 0 saturated heterocycles. The number of thiophene rings is 1. The van der Waals surface area contributed by atoms with Gasteiger partial charge in [-0.15, -0.1) is 11.3 Å². The maximum absolute atomic E-state index is 12.9. The van der Waals surface area contributed by atoms with Crippen LogP contribution < -0.4 is 4.72 Å². The van der Waals surface area contributed by atoms with Crippen LogP contribution >= 0.6 is 11.3 Å². The van der Waals surface area contributed by atoms with Crippen molar-refractivity contribution in [3.05, 3.63) is 46.6 Å². The van der Waals surface area contributed by atoms with Crippen molar-refractivity contribution in [2.45, 2.75) is 51.2 Å². The Balaban J connectivity index is 1.86. The molecule has 8 heteroatoms. The fraction of sp³-hybridized carbons (Fsp3) is 0.421. The van der Waals surface area contributed by atoms with Crippen LogP contribution in [0.5, 0.6) is 0 Å². The first kappa shape index (κ1) is 20.0. The highest BCUT2D eigenvalue weighted by atomic mass is 32.2. The van der Waals surface area contributed by atoms with Gasteiger partial charge in [0.05, 0.1) is 11.4 Å². The SMILES string of the molecule is Cc1nn(C(C)C)c(C)c1S(=O)(=O)NC[C@@](C)(O)c1cc2ccccc2s1. The number of hydrogen-bond donors (Lipinski definition) is 2. The molecule has 1 atom stereocenters. The van der Waals surface area contributed by atoms with E-state index in [-0.39, 0.29) is 17.5 Å². The number of benzene rings is 1. The molecule has 27 heavy (non-hydrogen) atoms. The molecular formula is C19H25N3O3S2. The van der Waals surface area contributed by atoms with E-state index in [9.17, 15) is 13.5 Å². The topological polar surface area (TPSA) is 84.2 Å². The second kappa shape index (κ2) is 7.01. The molecule has 0 unspecified atom stereocenters. The molecule has 0 fully saturated rings. The molecule has 3 aromatic rings. The average Bonchev–Trinajstić information content (AvgIpc) is 3.15. The number of fused-ring (bicyclic) bond motifs is 1. The summed E-state index contributed by atoms with van der Waals surface area (Å²) in [5, 5.41) is 16.3. The summed E-state index contributed by atoms with van der Waals surface area (Å²) in [6.07, 6.45) is 0. The van der Waals surface area contributed by atoms with E-state index in [0.29, 0.717) is 11.4 Å². The zero-order valence-electron chi connectivity index (χ0n) is 16.1. The molecule has 0 radical (unpaired) electrons. The lowest BCUT2D eigenvalue weighted by atomic mass is 10.1. The van der Waals surface area contributed by atoms with Crippen LogP contribution in [-0.2, 0) is 15.6 Å². The van der Waals surface area contributed by atoms with Crippen LogP contribution in [0.1, 0.15) is 43.1 Å². The summed E-state index contributed by atoms with van der Waals surface area (Å²) < 4.78 is 31.1. The number of hydrogen-bond acceptors (Lipinski definition) is 5. The Bertz CT molecular complexity index is 1050. The zero-order chi connectivity index (χ0) is 20.0. The number of aryl methyl sites for hydroxylation is 1. The van der Waals surface area contributed by atoms with Crippen molar-refractivity contribution in [2.75, 3.05) is 6.54 Å². The number of aliphatic hydroxyl groups is 1. The summed E-state index contributed by atoms with van der Waals surface area (Å²) >= 11 is 1.46. The molecule has 2 aromatic heterocycles. The highest BCUT2D eigenvalue weighted by Crippen LogP contribution is 2.33. The molecule has 2 N–H and O–H groups in total. The van der Waals surface area contributed by atoms with Gasteiger partial charge in [-0.1, -0.05) is 18.2 Å². The number of nitrogens with one attached hydrogen (secondary N) is 1. The zero-order valence-corrected chi connectivity index (χ0v) is 17.8. The lowest BCUT2D eigenvalue weighted by molar-refractivity contribution is 0.0666. The van der Waals surface area contributed by atoms with Crippen LogP contribution in [0, 0.1) is 13.8 Å². The van der Waals surface area contributed by atoms with Gasteiger partial charge in [-0.25, -0.2) is 13.1 Å². The van der Waals surface area contributed by atoms with Crippen LogP contribution in [0.2, 0.25) is 0 Å². The molecule has 0 bridgehead atoms. The Morgan fingerprint density at radius 1 is 1.30 bits per heavy atom. The lowest BCUT2D eigenvalue weighted by Crippen LogP contribution is -2.38. The van der Waals surface area contributed by atoms with Crippen LogP contribution in [0.15, 0.2) is 35.2 Å². The van der Waals surface area contributed by atoms with Gasteiger partial charge in [0, 0.05) is 22.2 Å². The molecule has 0 saturated carbocycles. The van der Waals surface area contributed by atoms with Gasteiger partial charge < -0.3 is 5.11 Å². The average molecular weight is 408 g/mol. The van der Waals surface area contributed by atoms with Crippen molar-refractivity contribution in [3.8, 4) is 0 Å². The van der Waals surface area contributed by atoms with Crippen molar-refractivity contribution in [1.29, 1.82) is 0 Å². The van der Waals surface area contributed by atoms with Crippen molar-refractivity contribution < 1.29 is 13.5 Å². The van der Waals surface area contributed by atoms with Gasteiger partial charge in [0.25, 0.3) is 0 Å². The minimum atomic E-state index is -3.79. The minimum absolute atomic E-state index is 0.0642. The Kier molecular flexibility index (Phi) is 5.20. The number of sulfonamides is 1. The quantitative estimate of drug-likeness (QED) is 0.655. The van der Waals surface area contributed by atoms with E-state index >= 15 is 0 Å². The molecule has 1 aromatic carbocycles. The monoisotopic (exact) mass is 407 g/mol. The number of aromatic nitrogens is 2. The molecule has 2 heterocycles. The smallest absolute Gasteiger partial charge is 0.244 e. The fourth-order valence-corrected chi connectivity index (χ4v) is 5.82. The lowest BCUT2D eigenvalue weighted by Gasteiger charge is -2.22. The van der Waals surface area contributed by atoms with E-state index in [1.165, 1.54) is 11.3 Å². The first-order chi connectivity index (χ1) is 12.5. The third kappa shape index (κ3) is 3.80. The summed E-state index contributed by atoms with van der Waals surface area (Å²) in [4.78, 5) is 0.904. The standard InChI is InChI=1S/C19H25N3O3S2/c1-12(2)22-14(4)18(13(3)21-22)27(24,25)20-11-19(5,23)17-10-15-8-6-7-9-16(15)26-17/h6-10,12,20,23H,11H2,1-5H3/t19-/m1/s1. The second-order valence-corrected chi connectivity index (χ2v) is 10.1. The van der Waals surface area contributed by atoms with Crippen molar-refractivity contribution in [1.82, 2.24) is 14.5 Å². The summed E-state index contributed by atoms with van der Waals surface area (Å²) in [7, 11) is -3.79. The van der Waals surface area contributed by atoms with Crippen LogP contribution in [0.25, 0.3) is 10.1 Å². The van der Waals surface area contributed by atoms with E-state index in [0.717, 1.165) is 15.0 Å². The fourth-order valence-electron chi connectivity index (χ4n) is 3.18. The van der Waals surface area contributed by atoms with E-state index in [4.69, 9.17) is 0 Å². The molecule has 6 nitrogen and oxygen atoms in total. The van der Waals surface area contributed by atoms with E-state index < -0.39 is 15.6 Å². The van der Waals surface area contributed by atoms with Crippen molar-refractivity contribution >= 4 is 31.4 Å².